The van der Waals surface area contributed by atoms with Gasteiger partial charge in [0.1, 0.15) is 12.1 Å². The number of ether oxygens (including phenoxy) is 2. The molecule has 1 saturated heterocycles. The molecule has 0 unspecified atom stereocenters. The van der Waals surface area contributed by atoms with Crippen LogP contribution in [0, 0.1) is 5.92 Å². The van der Waals surface area contributed by atoms with E-state index in [0.29, 0.717) is 32.8 Å². The van der Waals surface area contributed by atoms with Gasteiger partial charge in [0.05, 0.1) is 6.61 Å². The molecule has 1 heterocycles. The molecule has 1 N–H and O–H groups in total. The first-order chi connectivity index (χ1) is 11.1. The third-order valence-electron chi connectivity index (χ3n) is 3.21. The van der Waals surface area contributed by atoms with Gasteiger partial charge >= 0.3 is 12.2 Å². The number of hydrogen-bond acceptors (Lipinski definition) is 5. The Morgan fingerprint density at radius 1 is 1.04 bits per heavy atom. The zero-order valence-corrected chi connectivity index (χ0v) is 15.3. The molecule has 8 heteroatoms. The second kappa shape index (κ2) is 8.75. The fraction of sp³-hybridized carbons (Fsp3) is 0.812. The molecule has 1 aliphatic heterocycles. The van der Waals surface area contributed by atoms with Crippen molar-refractivity contribution in [2.45, 2.75) is 40.2 Å². The quantitative estimate of drug-likeness (QED) is 0.834. The molecule has 0 spiro atoms. The summed E-state index contributed by atoms with van der Waals surface area (Å²) in [6, 6.07) is 0. The first kappa shape index (κ1) is 20.1. The molecule has 0 aromatic rings. The molecule has 1 aliphatic rings. The summed E-state index contributed by atoms with van der Waals surface area (Å²) >= 11 is 0. The highest BCUT2D eigenvalue weighted by Crippen LogP contribution is 2.07. The zero-order chi connectivity index (χ0) is 18.3. The molecule has 0 bridgehead atoms. The van der Waals surface area contributed by atoms with Crippen molar-refractivity contribution < 1.29 is 23.9 Å². The number of alkyl carbamates (subject to hydrolysis) is 1. The van der Waals surface area contributed by atoms with E-state index >= 15 is 0 Å². The molecule has 3 amide bonds. The standard InChI is InChI=1S/C16H29N3O5/c1-12(2)11-23-15(22)19-8-6-18(7-9-19)13(20)10-17-14(21)24-16(3,4)5/h12H,6-11H2,1-5H3,(H,17,21). The van der Waals surface area contributed by atoms with Crippen molar-refractivity contribution in [2.75, 3.05) is 39.3 Å². The van der Waals surface area contributed by atoms with Crippen LogP contribution >= 0.6 is 0 Å². The van der Waals surface area contributed by atoms with Crippen molar-refractivity contribution in [3.63, 3.8) is 0 Å². The van der Waals surface area contributed by atoms with E-state index in [0.717, 1.165) is 0 Å². The maximum absolute atomic E-state index is 12.1. The fourth-order valence-electron chi connectivity index (χ4n) is 2.04. The van der Waals surface area contributed by atoms with Crippen LogP contribution in [0.2, 0.25) is 0 Å². The van der Waals surface area contributed by atoms with Crippen molar-refractivity contribution >= 4 is 18.1 Å². The minimum atomic E-state index is -0.619. The highest BCUT2D eigenvalue weighted by atomic mass is 16.6. The predicted molar refractivity (Wildman–Crippen MR) is 88.6 cm³/mol. The van der Waals surface area contributed by atoms with Crippen molar-refractivity contribution in [1.29, 1.82) is 0 Å². The number of amides is 3. The van der Waals surface area contributed by atoms with Crippen LogP contribution < -0.4 is 5.32 Å². The molecule has 8 nitrogen and oxygen atoms in total. The van der Waals surface area contributed by atoms with E-state index in [1.165, 1.54) is 0 Å². The summed E-state index contributed by atoms with van der Waals surface area (Å²) in [5.74, 6) is 0.0896. The van der Waals surface area contributed by atoms with Gasteiger partial charge in [-0.05, 0) is 26.7 Å². The Balaban J connectivity index is 2.30. The molecule has 0 aromatic carbocycles. The van der Waals surface area contributed by atoms with Gasteiger partial charge in [0.15, 0.2) is 0 Å². The Kier molecular flexibility index (Phi) is 7.31. The molecule has 0 radical (unpaired) electrons. The van der Waals surface area contributed by atoms with E-state index in [1.54, 1.807) is 30.6 Å². The second-order valence-corrected chi connectivity index (χ2v) is 7.19. The number of hydrogen-bond donors (Lipinski definition) is 1. The fourth-order valence-corrected chi connectivity index (χ4v) is 2.04. The molecule has 0 aliphatic carbocycles. The summed E-state index contributed by atoms with van der Waals surface area (Å²) < 4.78 is 10.3. The van der Waals surface area contributed by atoms with Crippen LogP contribution in [0.15, 0.2) is 0 Å². The Labute approximate surface area is 143 Å². The van der Waals surface area contributed by atoms with E-state index in [4.69, 9.17) is 9.47 Å². The van der Waals surface area contributed by atoms with Crippen LogP contribution in [0.25, 0.3) is 0 Å². The minimum absolute atomic E-state index is 0.118. The van der Waals surface area contributed by atoms with Crippen LogP contribution in [0.5, 0.6) is 0 Å². The molecule has 1 rings (SSSR count). The Bertz CT molecular complexity index is 451. The lowest BCUT2D eigenvalue weighted by atomic mass is 10.2. The number of carbonyl (C=O) groups is 3. The first-order valence-electron chi connectivity index (χ1n) is 8.25. The summed E-state index contributed by atoms with van der Waals surface area (Å²) in [5, 5.41) is 2.45. The van der Waals surface area contributed by atoms with Gasteiger partial charge in [-0.25, -0.2) is 9.59 Å². The third kappa shape index (κ3) is 7.52. The van der Waals surface area contributed by atoms with Gasteiger partial charge in [-0.15, -0.1) is 0 Å². The van der Waals surface area contributed by atoms with Gasteiger partial charge in [0, 0.05) is 26.2 Å². The van der Waals surface area contributed by atoms with Gasteiger partial charge in [-0.2, -0.15) is 0 Å². The lowest BCUT2D eigenvalue weighted by Gasteiger charge is -2.34. The summed E-state index contributed by atoms with van der Waals surface area (Å²) in [6.07, 6.45) is -0.963. The van der Waals surface area contributed by atoms with Gasteiger partial charge in [0.2, 0.25) is 5.91 Å². The van der Waals surface area contributed by atoms with Crippen LogP contribution in [0.1, 0.15) is 34.6 Å². The minimum Gasteiger partial charge on any atom is -0.449 e. The highest BCUT2D eigenvalue weighted by Gasteiger charge is 2.25. The van der Waals surface area contributed by atoms with Crippen molar-refractivity contribution in [1.82, 2.24) is 15.1 Å². The number of nitrogens with one attached hydrogen (secondary N) is 1. The smallest absolute Gasteiger partial charge is 0.409 e. The number of rotatable bonds is 4. The van der Waals surface area contributed by atoms with Gasteiger partial charge < -0.3 is 24.6 Å². The molecule has 0 aromatic heterocycles. The SMILES string of the molecule is CC(C)COC(=O)N1CCN(C(=O)CNC(=O)OC(C)(C)C)CC1. The van der Waals surface area contributed by atoms with Crippen LogP contribution in [0.4, 0.5) is 9.59 Å². The maximum Gasteiger partial charge on any atom is 0.409 e. The summed E-state index contributed by atoms with van der Waals surface area (Å²) in [7, 11) is 0. The molecular formula is C16H29N3O5. The predicted octanol–water partition coefficient (Wildman–Crippen LogP) is 1.45. The topological polar surface area (TPSA) is 88.2 Å². The van der Waals surface area contributed by atoms with Crippen molar-refractivity contribution in [3.8, 4) is 0 Å². The largest absolute Gasteiger partial charge is 0.449 e. The van der Waals surface area contributed by atoms with Gasteiger partial charge in [-0.1, -0.05) is 13.8 Å². The van der Waals surface area contributed by atoms with Crippen LogP contribution in [-0.4, -0.2) is 72.8 Å². The lowest BCUT2D eigenvalue weighted by molar-refractivity contribution is -0.131. The Morgan fingerprint density at radius 3 is 2.08 bits per heavy atom. The number of piperazine rings is 1. The average Bonchev–Trinajstić information content (AvgIpc) is 2.48. The van der Waals surface area contributed by atoms with E-state index < -0.39 is 11.7 Å². The van der Waals surface area contributed by atoms with Gasteiger partial charge in [-0.3, -0.25) is 4.79 Å². The zero-order valence-electron chi connectivity index (χ0n) is 15.3. The van der Waals surface area contributed by atoms with Crippen LogP contribution in [0.3, 0.4) is 0 Å². The first-order valence-corrected chi connectivity index (χ1v) is 8.25. The van der Waals surface area contributed by atoms with E-state index in [9.17, 15) is 14.4 Å². The second-order valence-electron chi connectivity index (χ2n) is 7.19. The van der Waals surface area contributed by atoms with Gasteiger partial charge in [0.25, 0.3) is 0 Å². The molecule has 0 atom stereocenters. The molecule has 138 valence electrons. The van der Waals surface area contributed by atoms with E-state index in [-0.39, 0.29) is 24.5 Å². The third-order valence-corrected chi connectivity index (χ3v) is 3.21. The number of carbonyl (C=O) groups excluding carboxylic acids is 3. The average molecular weight is 343 g/mol. The lowest BCUT2D eigenvalue weighted by Crippen LogP contribution is -2.53. The highest BCUT2D eigenvalue weighted by molar-refractivity contribution is 5.82. The van der Waals surface area contributed by atoms with E-state index in [2.05, 4.69) is 5.32 Å². The molecular weight excluding hydrogens is 314 g/mol. The van der Waals surface area contributed by atoms with E-state index in [1.807, 2.05) is 13.8 Å². The molecule has 1 fully saturated rings. The molecule has 24 heavy (non-hydrogen) atoms. The summed E-state index contributed by atoms with van der Waals surface area (Å²) in [6.45, 7) is 11.2. The summed E-state index contributed by atoms with van der Waals surface area (Å²) in [4.78, 5) is 38.7. The monoisotopic (exact) mass is 343 g/mol. The summed E-state index contributed by atoms with van der Waals surface area (Å²) in [5.41, 5.74) is -0.602. The Morgan fingerprint density at radius 2 is 1.58 bits per heavy atom. The van der Waals surface area contributed by atoms with Crippen LogP contribution in [-0.2, 0) is 14.3 Å². The number of nitrogens with zero attached hydrogens (tertiary/aromatic N) is 2. The van der Waals surface area contributed by atoms with Crippen molar-refractivity contribution in [3.05, 3.63) is 0 Å². The normalized spacial score (nSPS) is 15.2. The Hall–Kier alpha value is -1.99. The van der Waals surface area contributed by atoms with Crippen molar-refractivity contribution in [2.24, 2.45) is 5.92 Å². The molecule has 0 saturated carbocycles. The maximum atomic E-state index is 12.1.